The van der Waals surface area contributed by atoms with E-state index in [1.807, 2.05) is 36.2 Å². The Morgan fingerprint density at radius 3 is 3.11 bits per heavy atom. The normalized spacial score (nSPS) is 19.3. The Morgan fingerprint density at radius 2 is 2.37 bits per heavy atom. The molecule has 1 heterocycles. The van der Waals surface area contributed by atoms with Gasteiger partial charge >= 0.3 is 0 Å². The summed E-state index contributed by atoms with van der Waals surface area (Å²) in [6.07, 6.45) is 2.68. The van der Waals surface area contributed by atoms with Gasteiger partial charge in [-0.3, -0.25) is 4.79 Å². The highest BCUT2D eigenvalue weighted by Gasteiger charge is 2.22. The monoisotopic (exact) mass is 262 g/mol. The Balaban J connectivity index is 1.96. The van der Waals surface area contributed by atoms with Gasteiger partial charge < -0.3 is 15.0 Å². The predicted octanol–water partition coefficient (Wildman–Crippen LogP) is 1.45. The van der Waals surface area contributed by atoms with Crippen LogP contribution in [-0.2, 0) is 11.2 Å². The lowest BCUT2D eigenvalue weighted by atomic mass is 10.0. The molecular formula is C15H22N2O2. The first kappa shape index (κ1) is 13.9. The number of carbonyl (C=O) groups excluding carboxylic acids is 1. The molecule has 1 aliphatic heterocycles. The third-order valence-corrected chi connectivity index (χ3v) is 3.67. The number of nitrogens with one attached hydrogen (secondary N) is 1. The van der Waals surface area contributed by atoms with E-state index in [9.17, 15) is 4.79 Å². The maximum absolute atomic E-state index is 12.3. The van der Waals surface area contributed by atoms with Crippen molar-refractivity contribution in [3.05, 3.63) is 29.8 Å². The molecule has 1 aliphatic rings. The summed E-state index contributed by atoms with van der Waals surface area (Å²) >= 11 is 0. The minimum atomic E-state index is 0.202. The van der Waals surface area contributed by atoms with Crippen molar-refractivity contribution in [3.63, 3.8) is 0 Å². The number of rotatable bonds is 4. The summed E-state index contributed by atoms with van der Waals surface area (Å²) in [5.74, 6) is 1.00. The van der Waals surface area contributed by atoms with Crippen molar-refractivity contribution in [1.29, 1.82) is 0 Å². The van der Waals surface area contributed by atoms with Crippen LogP contribution in [0.3, 0.4) is 0 Å². The van der Waals surface area contributed by atoms with Gasteiger partial charge in [0.25, 0.3) is 0 Å². The quantitative estimate of drug-likeness (QED) is 0.893. The zero-order valence-corrected chi connectivity index (χ0v) is 11.7. The molecule has 0 aliphatic carbocycles. The van der Waals surface area contributed by atoms with E-state index in [-0.39, 0.29) is 5.91 Å². The highest BCUT2D eigenvalue weighted by molar-refractivity contribution is 5.79. The van der Waals surface area contributed by atoms with Gasteiger partial charge in [-0.15, -0.1) is 0 Å². The van der Waals surface area contributed by atoms with Gasteiger partial charge in [0.1, 0.15) is 5.75 Å². The molecule has 1 aromatic carbocycles. The first-order valence-corrected chi connectivity index (χ1v) is 6.81. The third-order valence-electron chi connectivity index (χ3n) is 3.67. The van der Waals surface area contributed by atoms with Gasteiger partial charge in [-0.05, 0) is 37.6 Å². The molecule has 1 fully saturated rings. The summed E-state index contributed by atoms with van der Waals surface area (Å²) in [5.41, 5.74) is 1.01. The summed E-state index contributed by atoms with van der Waals surface area (Å²) in [4.78, 5) is 14.2. The second kappa shape index (κ2) is 6.57. The predicted molar refractivity (Wildman–Crippen MR) is 75.4 cm³/mol. The van der Waals surface area contributed by atoms with Crippen LogP contribution in [0.15, 0.2) is 24.3 Å². The van der Waals surface area contributed by atoms with Crippen molar-refractivity contribution in [2.75, 3.05) is 27.2 Å². The molecule has 1 amide bonds. The van der Waals surface area contributed by atoms with Crippen LogP contribution in [0.5, 0.6) is 5.75 Å². The maximum Gasteiger partial charge on any atom is 0.227 e. The van der Waals surface area contributed by atoms with Crippen molar-refractivity contribution in [3.8, 4) is 5.75 Å². The lowest BCUT2D eigenvalue weighted by molar-refractivity contribution is -0.131. The molecule has 0 bridgehead atoms. The smallest absolute Gasteiger partial charge is 0.227 e. The van der Waals surface area contributed by atoms with Crippen molar-refractivity contribution >= 4 is 5.91 Å². The van der Waals surface area contributed by atoms with Crippen LogP contribution in [0.25, 0.3) is 0 Å². The van der Waals surface area contributed by atoms with E-state index in [4.69, 9.17) is 4.74 Å². The zero-order valence-electron chi connectivity index (χ0n) is 11.7. The number of nitrogens with zero attached hydrogens (tertiary/aromatic N) is 1. The number of amides is 1. The Hall–Kier alpha value is -1.55. The number of benzene rings is 1. The minimum absolute atomic E-state index is 0.202. The number of hydrogen-bond donors (Lipinski definition) is 1. The van der Waals surface area contributed by atoms with Gasteiger partial charge in [-0.2, -0.15) is 0 Å². The van der Waals surface area contributed by atoms with Crippen LogP contribution in [-0.4, -0.2) is 44.1 Å². The molecule has 1 N–H and O–H groups in total. The Kier molecular flexibility index (Phi) is 4.80. The molecule has 1 unspecified atom stereocenters. The summed E-state index contributed by atoms with van der Waals surface area (Å²) in [6, 6.07) is 8.15. The molecule has 19 heavy (non-hydrogen) atoms. The summed E-state index contributed by atoms with van der Waals surface area (Å²) in [5, 5.41) is 3.26. The van der Waals surface area contributed by atoms with E-state index < -0.39 is 0 Å². The first-order valence-electron chi connectivity index (χ1n) is 6.81. The van der Waals surface area contributed by atoms with E-state index >= 15 is 0 Å². The molecule has 1 atom stereocenters. The largest absolute Gasteiger partial charge is 0.497 e. The molecule has 0 radical (unpaired) electrons. The van der Waals surface area contributed by atoms with Crippen molar-refractivity contribution in [2.24, 2.45) is 0 Å². The standard InChI is InChI=1S/C15H22N2O2/c1-16-13-6-4-8-17(11-13)15(18)10-12-5-3-7-14(9-12)19-2/h3,5,7,9,13,16H,4,6,8,10-11H2,1-2H3. The van der Waals surface area contributed by atoms with E-state index in [0.29, 0.717) is 12.5 Å². The fourth-order valence-electron chi connectivity index (χ4n) is 2.51. The third kappa shape index (κ3) is 3.70. The van der Waals surface area contributed by atoms with Crippen molar-refractivity contribution < 1.29 is 9.53 Å². The van der Waals surface area contributed by atoms with Gasteiger partial charge in [0, 0.05) is 19.1 Å². The molecule has 104 valence electrons. The molecule has 1 saturated heterocycles. The van der Waals surface area contributed by atoms with Gasteiger partial charge in [0.15, 0.2) is 0 Å². The topological polar surface area (TPSA) is 41.6 Å². The van der Waals surface area contributed by atoms with Crippen LogP contribution < -0.4 is 10.1 Å². The average molecular weight is 262 g/mol. The number of likely N-dealkylation sites (tertiary alicyclic amines) is 1. The number of piperidine rings is 1. The van der Waals surface area contributed by atoms with Crippen LogP contribution in [0.1, 0.15) is 18.4 Å². The van der Waals surface area contributed by atoms with Gasteiger partial charge in [-0.1, -0.05) is 12.1 Å². The van der Waals surface area contributed by atoms with E-state index in [1.165, 1.54) is 0 Å². The van der Waals surface area contributed by atoms with Crippen LogP contribution in [0.2, 0.25) is 0 Å². The fraction of sp³-hybridized carbons (Fsp3) is 0.533. The molecule has 0 aromatic heterocycles. The second-order valence-electron chi connectivity index (χ2n) is 5.00. The van der Waals surface area contributed by atoms with Crippen molar-refractivity contribution in [2.45, 2.75) is 25.3 Å². The first-order chi connectivity index (χ1) is 9.22. The Labute approximate surface area is 114 Å². The summed E-state index contributed by atoms with van der Waals surface area (Å²) < 4.78 is 5.18. The lowest BCUT2D eigenvalue weighted by Crippen LogP contribution is -2.47. The number of hydrogen-bond acceptors (Lipinski definition) is 3. The summed E-state index contributed by atoms with van der Waals surface area (Å²) in [7, 11) is 3.60. The Morgan fingerprint density at radius 1 is 1.53 bits per heavy atom. The van der Waals surface area contributed by atoms with Crippen LogP contribution >= 0.6 is 0 Å². The lowest BCUT2D eigenvalue weighted by Gasteiger charge is -2.32. The molecule has 0 spiro atoms. The molecular weight excluding hydrogens is 240 g/mol. The Bertz CT molecular complexity index is 434. The molecule has 0 saturated carbocycles. The molecule has 2 rings (SSSR count). The second-order valence-corrected chi connectivity index (χ2v) is 5.00. The fourth-order valence-corrected chi connectivity index (χ4v) is 2.51. The van der Waals surface area contributed by atoms with Gasteiger partial charge in [0.2, 0.25) is 5.91 Å². The van der Waals surface area contributed by atoms with E-state index in [0.717, 1.165) is 37.2 Å². The summed E-state index contributed by atoms with van der Waals surface area (Å²) in [6.45, 7) is 1.69. The molecule has 4 heteroatoms. The van der Waals surface area contributed by atoms with Crippen LogP contribution in [0.4, 0.5) is 0 Å². The number of ether oxygens (including phenoxy) is 1. The number of methoxy groups -OCH3 is 1. The maximum atomic E-state index is 12.3. The van der Waals surface area contributed by atoms with Crippen LogP contribution in [0, 0.1) is 0 Å². The number of carbonyl (C=O) groups is 1. The average Bonchev–Trinajstić information content (AvgIpc) is 2.47. The minimum Gasteiger partial charge on any atom is -0.497 e. The highest BCUT2D eigenvalue weighted by Crippen LogP contribution is 2.15. The zero-order chi connectivity index (χ0) is 13.7. The SMILES string of the molecule is CNC1CCCN(C(=O)Cc2cccc(OC)c2)C1. The highest BCUT2D eigenvalue weighted by atomic mass is 16.5. The van der Waals surface area contributed by atoms with E-state index in [1.54, 1.807) is 7.11 Å². The van der Waals surface area contributed by atoms with E-state index in [2.05, 4.69) is 5.32 Å². The molecule has 4 nitrogen and oxygen atoms in total. The number of likely N-dealkylation sites (N-methyl/N-ethyl adjacent to an activating group) is 1. The van der Waals surface area contributed by atoms with Crippen molar-refractivity contribution in [1.82, 2.24) is 10.2 Å². The molecule has 1 aromatic rings. The van der Waals surface area contributed by atoms with Gasteiger partial charge in [0.05, 0.1) is 13.5 Å². The van der Waals surface area contributed by atoms with Gasteiger partial charge in [-0.25, -0.2) is 0 Å².